The highest BCUT2D eigenvalue weighted by molar-refractivity contribution is 8.00. The molecule has 1 saturated carbocycles. The molecule has 4 rings (SSSR count). The zero-order valence-corrected chi connectivity index (χ0v) is 16.2. The number of rotatable bonds is 5. The number of pyridine rings is 1. The van der Waals surface area contributed by atoms with Gasteiger partial charge in [0.05, 0.1) is 0 Å². The van der Waals surface area contributed by atoms with Gasteiger partial charge in [-0.15, -0.1) is 0 Å². The highest BCUT2D eigenvalue weighted by atomic mass is 32.2. The summed E-state index contributed by atoms with van der Waals surface area (Å²) in [5.41, 5.74) is 2.57. The molecule has 1 aliphatic rings. The molecule has 0 saturated heterocycles. The van der Waals surface area contributed by atoms with Gasteiger partial charge in [0.2, 0.25) is 6.33 Å². The van der Waals surface area contributed by atoms with Gasteiger partial charge in [-0.2, -0.15) is 16.2 Å². The van der Waals surface area contributed by atoms with Crippen LogP contribution < -0.4 is 4.57 Å². The van der Waals surface area contributed by atoms with E-state index >= 15 is 0 Å². The minimum Gasteiger partial charge on any atom is -0.235 e. The van der Waals surface area contributed by atoms with Crippen LogP contribution in [0.1, 0.15) is 46.0 Å². The van der Waals surface area contributed by atoms with Crippen LogP contribution in [0.15, 0.2) is 48.9 Å². The SMILES string of the molecule is CC(C)[C@H](C[n+]1cc2ccc3ccccc3n2c1)SC1CCCCC1. The van der Waals surface area contributed by atoms with Gasteiger partial charge in [-0.3, -0.25) is 0 Å². The third kappa shape index (κ3) is 3.72. The van der Waals surface area contributed by atoms with E-state index in [9.17, 15) is 0 Å². The fourth-order valence-electron chi connectivity index (χ4n) is 4.00. The van der Waals surface area contributed by atoms with E-state index in [1.165, 1.54) is 48.5 Å². The average molecular weight is 354 g/mol. The molecule has 132 valence electrons. The molecule has 3 heteroatoms. The molecule has 1 aromatic carbocycles. The van der Waals surface area contributed by atoms with Gasteiger partial charge in [0, 0.05) is 15.9 Å². The zero-order valence-electron chi connectivity index (χ0n) is 15.4. The maximum Gasteiger partial charge on any atom is 0.249 e. The minimum atomic E-state index is 0.691. The normalized spacial score (nSPS) is 17.6. The molecule has 25 heavy (non-hydrogen) atoms. The van der Waals surface area contributed by atoms with E-state index in [0.717, 1.165) is 11.8 Å². The topological polar surface area (TPSA) is 8.29 Å². The molecular formula is C22H29N2S+. The molecule has 2 heterocycles. The van der Waals surface area contributed by atoms with Crippen LogP contribution in [0.5, 0.6) is 0 Å². The van der Waals surface area contributed by atoms with Gasteiger partial charge in [-0.05, 0) is 37.0 Å². The maximum atomic E-state index is 2.41. The van der Waals surface area contributed by atoms with Crippen molar-refractivity contribution in [1.82, 2.24) is 4.40 Å². The van der Waals surface area contributed by atoms with E-state index in [1.54, 1.807) is 0 Å². The quantitative estimate of drug-likeness (QED) is 0.552. The lowest BCUT2D eigenvalue weighted by molar-refractivity contribution is -0.695. The van der Waals surface area contributed by atoms with Crippen molar-refractivity contribution < 1.29 is 4.57 Å². The van der Waals surface area contributed by atoms with Gasteiger partial charge in [0.1, 0.15) is 18.3 Å². The molecule has 0 bridgehead atoms. The Balaban J connectivity index is 1.58. The Morgan fingerprint density at radius 3 is 2.68 bits per heavy atom. The second-order valence-electron chi connectivity index (χ2n) is 7.81. The Bertz CT molecular complexity index is 845. The summed E-state index contributed by atoms with van der Waals surface area (Å²) < 4.78 is 4.74. The van der Waals surface area contributed by atoms with E-state index in [1.807, 2.05) is 0 Å². The van der Waals surface area contributed by atoms with E-state index in [4.69, 9.17) is 0 Å². The van der Waals surface area contributed by atoms with Crippen LogP contribution in [0, 0.1) is 5.92 Å². The summed E-state index contributed by atoms with van der Waals surface area (Å²) in [7, 11) is 0. The summed E-state index contributed by atoms with van der Waals surface area (Å²) in [5, 5.41) is 2.87. The molecule has 0 aliphatic heterocycles. The van der Waals surface area contributed by atoms with Gasteiger partial charge >= 0.3 is 0 Å². The summed E-state index contributed by atoms with van der Waals surface area (Å²) in [5.74, 6) is 0.708. The molecule has 2 aromatic heterocycles. The molecule has 0 amide bonds. The van der Waals surface area contributed by atoms with Gasteiger partial charge in [-0.1, -0.05) is 51.3 Å². The Hall–Kier alpha value is -1.48. The summed E-state index contributed by atoms with van der Waals surface area (Å²) in [4.78, 5) is 0. The molecule has 0 spiro atoms. The van der Waals surface area contributed by atoms with Crippen molar-refractivity contribution in [1.29, 1.82) is 0 Å². The van der Waals surface area contributed by atoms with Crippen LogP contribution in [0.4, 0.5) is 0 Å². The Morgan fingerprint density at radius 2 is 1.88 bits per heavy atom. The highest BCUT2D eigenvalue weighted by Crippen LogP contribution is 2.34. The highest BCUT2D eigenvalue weighted by Gasteiger charge is 2.24. The van der Waals surface area contributed by atoms with Crippen molar-refractivity contribution in [2.24, 2.45) is 5.92 Å². The molecule has 1 aliphatic carbocycles. The van der Waals surface area contributed by atoms with E-state index in [-0.39, 0.29) is 0 Å². The first kappa shape index (κ1) is 17.0. The third-order valence-corrected chi connectivity index (χ3v) is 7.42. The molecule has 0 unspecified atom stereocenters. The number of fused-ring (bicyclic) bond motifs is 3. The largest absolute Gasteiger partial charge is 0.249 e. The average Bonchev–Trinajstić information content (AvgIpc) is 3.05. The number of nitrogens with zero attached hydrogens (tertiary/aromatic N) is 2. The van der Waals surface area contributed by atoms with Gasteiger partial charge in [0.15, 0.2) is 5.52 Å². The number of benzene rings is 1. The number of aromatic nitrogens is 2. The lowest BCUT2D eigenvalue weighted by atomic mass is 10.0. The number of hydrogen-bond acceptors (Lipinski definition) is 1. The van der Waals surface area contributed by atoms with Crippen molar-refractivity contribution >= 4 is 28.2 Å². The van der Waals surface area contributed by atoms with Gasteiger partial charge < -0.3 is 0 Å². The standard InChI is InChI=1S/C22H29N2S/c1-17(2)22(25-20-9-4-3-5-10-20)15-23-14-19-13-12-18-8-6-7-11-21(18)24(19)16-23/h6-8,11-14,16-17,20,22H,3-5,9-10,15H2,1-2H3/q+1/t22-/m0/s1. The number of para-hydroxylation sites is 1. The van der Waals surface area contributed by atoms with Crippen LogP contribution in [0.2, 0.25) is 0 Å². The first-order valence-electron chi connectivity index (χ1n) is 9.75. The smallest absolute Gasteiger partial charge is 0.235 e. The van der Waals surface area contributed by atoms with E-state index < -0.39 is 0 Å². The van der Waals surface area contributed by atoms with Crippen LogP contribution >= 0.6 is 11.8 Å². The number of imidazole rings is 1. The zero-order chi connectivity index (χ0) is 17.2. The number of hydrogen-bond donors (Lipinski definition) is 0. The molecule has 1 atom stereocenters. The Kier molecular flexibility index (Phi) is 5.03. The molecule has 0 radical (unpaired) electrons. The molecular weight excluding hydrogens is 324 g/mol. The molecule has 2 nitrogen and oxygen atoms in total. The van der Waals surface area contributed by atoms with Crippen LogP contribution in [0.25, 0.3) is 16.4 Å². The van der Waals surface area contributed by atoms with Gasteiger partial charge in [-0.25, -0.2) is 4.57 Å². The second kappa shape index (κ2) is 7.41. The fraction of sp³-hybridized carbons (Fsp3) is 0.500. The van der Waals surface area contributed by atoms with Crippen molar-refractivity contribution in [3.63, 3.8) is 0 Å². The summed E-state index contributed by atoms with van der Waals surface area (Å²) in [6, 6.07) is 13.1. The predicted octanol–water partition coefficient (Wildman–Crippen LogP) is 5.47. The fourth-order valence-corrected chi connectivity index (χ4v) is 5.67. The van der Waals surface area contributed by atoms with E-state index in [2.05, 4.69) is 83.5 Å². The number of thioether (sulfide) groups is 1. The van der Waals surface area contributed by atoms with Crippen LogP contribution in [0.3, 0.4) is 0 Å². The van der Waals surface area contributed by atoms with E-state index in [0.29, 0.717) is 11.2 Å². The van der Waals surface area contributed by atoms with Crippen molar-refractivity contribution in [2.45, 2.75) is 63.0 Å². The van der Waals surface area contributed by atoms with Crippen LogP contribution in [-0.2, 0) is 6.54 Å². The van der Waals surface area contributed by atoms with Crippen molar-refractivity contribution in [2.75, 3.05) is 0 Å². The summed E-state index contributed by atoms with van der Waals surface area (Å²) >= 11 is 2.25. The Labute approximate surface area is 155 Å². The predicted molar refractivity (Wildman–Crippen MR) is 108 cm³/mol. The maximum absolute atomic E-state index is 2.41. The van der Waals surface area contributed by atoms with Crippen LogP contribution in [-0.4, -0.2) is 14.9 Å². The third-order valence-electron chi connectivity index (χ3n) is 5.52. The first-order chi connectivity index (χ1) is 12.2. The molecule has 1 fully saturated rings. The van der Waals surface area contributed by atoms with Crippen molar-refractivity contribution in [3.05, 3.63) is 48.9 Å². The minimum absolute atomic E-state index is 0.691. The second-order valence-corrected chi connectivity index (χ2v) is 9.35. The summed E-state index contributed by atoms with van der Waals surface area (Å²) in [6.07, 6.45) is 11.7. The summed E-state index contributed by atoms with van der Waals surface area (Å²) in [6.45, 7) is 5.87. The molecule has 3 aromatic rings. The monoisotopic (exact) mass is 353 g/mol. The Morgan fingerprint density at radius 1 is 1.08 bits per heavy atom. The lowest BCUT2D eigenvalue weighted by Crippen LogP contribution is -2.39. The first-order valence-corrected chi connectivity index (χ1v) is 10.7. The lowest BCUT2D eigenvalue weighted by Gasteiger charge is -2.27. The van der Waals surface area contributed by atoms with Crippen molar-refractivity contribution in [3.8, 4) is 0 Å². The molecule has 0 N–H and O–H groups in total. The van der Waals surface area contributed by atoms with Gasteiger partial charge in [0.25, 0.3) is 0 Å².